The van der Waals surface area contributed by atoms with Crippen LogP contribution >= 0.6 is 23.4 Å². The van der Waals surface area contributed by atoms with Crippen molar-refractivity contribution in [3.05, 3.63) is 23.2 Å². The molecule has 0 amide bonds. The van der Waals surface area contributed by atoms with Crippen LogP contribution in [0.1, 0.15) is 12.8 Å². The van der Waals surface area contributed by atoms with Crippen LogP contribution in [0.5, 0.6) is 5.75 Å². The maximum atomic E-state index is 5.99. The van der Waals surface area contributed by atoms with E-state index >= 15 is 0 Å². The van der Waals surface area contributed by atoms with Gasteiger partial charge >= 0.3 is 0 Å². The lowest BCUT2D eigenvalue weighted by molar-refractivity contribution is 0.415. The van der Waals surface area contributed by atoms with E-state index in [1.54, 1.807) is 7.11 Å². The molecule has 94 valence electrons. The van der Waals surface area contributed by atoms with E-state index in [1.807, 2.05) is 18.2 Å². The van der Waals surface area contributed by atoms with E-state index in [1.165, 1.54) is 24.3 Å². The molecule has 1 aliphatic heterocycles. The Hall–Kier alpha value is -0.540. The molecule has 0 bridgehead atoms. The van der Waals surface area contributed by atoms with Crippen LogP contribution in [0, 0.1) is 5.92 Å². The molecule has 1 aromatic rings. The Balaban J connectivity index is 1.89. The number of halogens is 1. The van der Waals surface area contributed by atoms with Crippen molar-refractivity contribution >= 4 is 29.1 Å². The molecule has 0 saturated carbocycles. The first-order valence-corrected chi connectivity index (χ1v) is 7.48. The largest absolute Gasteiger partial charge is 0.495 e. The second kappa shape index (κ2) is 6.41. The average Bonchev–Trinajstić information content (AvgIpc) is 2.39. The van der Waals surface area contributed by atoms with Gasteiger partial charge in [-0.3, -0.25) is 0 Å². The first kappa shape index (κ1) is 12.9. The third kappa shape index (κ3) is 3.71. The molecule has 1 heterocycles. The highest BCUT2D eigenvalue weighted by Gasteiger charge is 2.13. The van der Waals surface area contributed by atoms with Crippen molar-refractivity contribution < 1.29 is 4.74 Å². The Kier molecular flexibility index (Phi) is 4.86. The van der Waals surface area contributed by atoms with Crippen LogP contribution in [0.4, 0.5) is 5.69 Å². The normalized spacial score (nSPS) is 20.0. The van der Waals surface area contributed by atoms with Gasteiger partial charge in [-0.15, -0.1) is 0 Å². The zero-order chi connectivity index (χ0) is 12.1. The predicted octanol–water partition coefficient (Wildman–Crippen LogP) is 3.90. The number of hydrogen-bond acceptors (Lipinski definition) is 3. The maximum absolute atomic E-state index is 5.99. The first-order chi connectivity index (χ1) is 8.29. The van der Waals surface area contributed by atoms with Gasteiger partial charge in [0.15, 0.2) is 0 Å². The molecule has 1 fully saturated rings. The molecule has 17 heavy (non-hydrogen) atoms. The molecular weight excluding hydrogens is 254 g/mol. The summed E-state index contributed by atoms with van der Waals surface area (Å²) in [5.41, 5.74) is 1.09. The van der Waals surface area contributed by atoms with Crippen LogP contribution in [0.3, 0.4) is 0 Å². The van der Waals surface area contributed by atoms with E-state index in [-0.39, 0.29) is 0 Å². The van der Waals surface area contributed by atoms with Gasteiger partial charge in [-0.05, 0) is 42.4 Å². The lowest BCUT2D eigenvalue weighted by Crippen LogP contribution is -2.20. The van der Waals surface area contributed by atoms with Gasteiger partial charge in [-0.2, -0.15) is 11.8 Å². The summed E-state index contributed by atoms with van der Waals surface area (Å²) in [5.74, 6) is 4.12. The minimum atomic E-state index is 0.659. The minimum Gasteiger partial charge on any atom is -0.495 e. The Morgan fingerprint density at radius 3 is 3.12 bits per heavy atom. The van der Waals surface area contributed by atoms with E-state index in [0.717, 1.165) is 23.9 Å². The highest BCUT2D eigenvalue weighted by Crippen LogP contribution is 2.28. The lowest BCUT2D eigenvalue weighted by atomic mass is 10.1. The number of rotatable bonds is 4. The lowest BCUT2D eigenvalue weighted by Gasteiger charge is -2.22. The Labute approximate surface area is 112 Å². The summed E-state index contributed by atoms with van der Waals surface area (Å²) in [7, 11) is 1.64. The zero-order valence-corrected chi connectivity index (χ0v) is 11.6. The van der Waals surface area contributed by atoms with Crippen molar-refractivity contribution in [2.24, 2.45) is 5.92 Å². The molecule has 0 aliphatic carbocycles. The van der Waals surface area contributed by atoms with Gasteiger partial charge in [0.1, 0.15) is 5.75 Å². The van der Waals surface area contributed by atoms with Crippen LogP contribution in [0.2, 0.25) is 5.02 Å². The monoisotopic (exact) mass is 271 g/mol. The van der Waals surface area contributed by atoms with E-state index in [9.17, 15) is 0 Å². The molecule has 2 rings (SSSR count). The smallest absolute Gasteiger partial charge is 0.139 e. The van der Waals surface area contributed by atoms with Gasteiger partial charge in [-0.25, -0.2) is 0 Å². The van der Waals surface area contributed by atoms with Crippen molar-refractivity contribution in [2.75, 3.05) is 30.5 Å². The molecule has 0 spiro atoms. The number of thioether (sulfide) groups is 1. The van der Waals surface area contributed by atoms with E-state index < -0.39 is 0 Å². The van der Waals surface area contributed by atoms with Gasteiger partial charge in [0.2, 0.25) is 0 Å². The molecule has 4 heteroatoms. The van der Waals surface area contributed by atoms with Gasteiger partial charge < -0.3 is 10.1 Å². The molecule has 1 saturated heterocycles. The summed E-state index contributed by atoms with van der Waals surface area (Å²) in [5, 5.41) is 4.12. The van der Waals surface area contributed by atoms with Crippen molar-refractivity contribution in [3.8, 4) is 5.75 Å². The number of hydrogen-bond donors (Lipinski definition) is 1. The van der Waals surface area contributed by atoms with E-state index in [0.29, 0.717) is 5.02 Å². The quantitative estimate of drug-likeness (QED) is 0.897. The number of nitrogens with one attached hydrogen (secondary N) is 1. The van der Waals surface area contributed by atoms with Gasteiger partial charge in [0, 0.05) is 18.3 Å². The Bertz CT molecular complexity index is 366. The molecule has 2 nitrogen and oxygen atoms in total. The molecule has 1 aliphatic rings. The minimum absolute atomic E-state index is 0.659. The second-order valence-electron chi connectivity index (χ2n) is 4.31. The topological polar surface area (TPSA) is 21.3 Å². The van der Waals surface area contributed by atoms with Crippen molar-refractivity contribution in [1.82, 2.24) is 0 Å². The average molecular weight is 272 g/mol. The zero-order valence-electron chi connectivity index (χ0n) is 10.0. The fraction of sp³-hybridized carbons (Fsp3) is 0.538. The fourth-order valence-corrected chi connectivity index (χ4v) is 3.35. The third-order valence-corrected chi connectivity index (χ3v) is 4.60. The molecule has 0 aromatic heterocycles. The predicted molar refractivity (Wildman–Crippen MR) is 76.5 cm³/mol. The SMILES string of the molecule is COc1cc(NCC2CCCSC2)ccc1Cl. The summed E-state index contributed by atoms with van der Waals surface area (Å²) >= 11 is 8.05. The highest BCUT2D eigenvalue weighted by molar-refractivity contribution is 7.99. The molecule has 0 radical (unpaired) electrons. The summed E-state index contributed by atoms with van der Waals surface area (Å²) in [6, 6.07) is 5.83. The van der Waals surface area contributed by atoms with Crippen molar-refractivity contribution in [3.63, 3.8) is 0 Å². The standard InChI is InChI=1S/C13H18ClNOS/c1-16-13-7-11(4-5-12(13)14)15-8-10-3-2-6-17-9-10/h4-5,7,10,15H,2-3,6,8-9H2,1H3. The van der Waals surface area contributed by atoms with E-state index in [4.69, 9.17) is 16.3 Å². The van der Waals surface area contributed by atoms with Crippen LogP contribution in [-0.2, 0) is 0 Å². The highest BCUT2D eigenvalue weighted by atomic mass is 35.5. The summed E-state index contributed by atoms with van der Waals surface area (Å²) < 4.78 is 5.20. The van der Waals surface area contributed by atoms with Crippen LogP contribution in [-0.4, -0.2) is 25.2 Å². The molecule has 1 aromatic carbocycles. The van der Waals surface area contributed by atoms with Crippen LogP contribution in [0.25, 0.3) is 0 Å². The molecule has 1 N–H and O–H groups in total. The fourth-order valence-electron chi connectivity index (χ4n) is 2.00. The summed E-state index contributed by atoms with van der Waals surface area (Å²) in [6.45, 7) is 1.04. The molecule has 1 unspecified atom stereocenters. The Morgan fingerprint density at radius 2 is 2.41 bits per heavy atom. The van der Waals surface area contributed by atoms with Crippen LogP contribution < -0.4 is 10.1 Å². The Morgan fingerprint density at radius 1 is 1.53 bits per heavy atom. The van der Waals surface area contributed by atoms with Crippen molar-refractivity contribution in [1.29, 1.82) is 0 Å². The van der Waals surface area contributed by atoms with Gasteiger partial charge in [0.25, 0.3) is 0 Å². The molecular formula is C13H18ClNOS. The maximum Gasteiger partial charge on any atom is 0.139 e. The summed E-state index contributed by atoms with van der Waals surface area (Å²) in [6.07, 6.45) is 2.69. The number of ether oxygens (including phenoxy) is 1. The second-order valence-corrected chi connectivity index (χ2v) is 5.87. The van der Waals surface area contributed by atoms with Gasteiger partial charge in [-0.1, -0.05) is 11.6 Å². The van der Waals surface area contributed by atoms with Crippen molar-refractivity contribution in [2.45, 2.75) is 12.8 Å². The third-order valence-electron chi connectivity index (χ3n) is 3.00. The van der Waals surface area contributed by atoms with Gasteiger partial charge in [0.05, 0.1) is 12.1 Å². The molecule has 1 atom stereocenters. The number of benzene rings is 1. The van der Waals surface area contributed by atoms with Crippen LogP contribution in [0.15, 0.2) is 18.2 Å². The number of methoxy groups -OCH3 is 1. The number of anilines is 1. The van der Waals surface area contributed by atoms with E-state index in [2.05, 4.69) is 17.1 Å². The first-order valence-electron chi connectivity index (χ1n) is 5.95. The summed E-state index contributed by atoms with van der Waals surface area (Å²) in [4.78, 5) is 0.